The average molecular weight is 295 g/mol. The Morgan fingerprint density at radius 2 is 1.85 bits per heavy atom. The summed E-state index contributed by atoms with van der Waals surface area (Å²) in [6.07, 6.45) is -0.165. The summed E-state index contributed by atoms with van der Waals surface area (Å²) >= 11 is 0. The van der Waals surface area contributed by atoms with Gasteiger partial charge in [0.25, 0.3) is 10.0 Å². The number of rotatable bonds is 3. The summed E-state index contributed by atoms with van der Waals surface area (Å²) < 4.78 is 31.6. The number of fused-ring (bicyclic) bond motifs is 1. The van der Waals surface area contributed by atoms with Crippen LogP contribution in [-0.2, 0) is 19.6 Å². The van der Waals surface area contributed by atoms with E-state index < -0.39 is 10.0 Å². The predicted molar refractivity (Wildman–Crippen MR) is 75.2 cm³/mol. The molecule has 0 unspecified atom stereocenters. The van der Waals surface area contributed by atoms with Crippen LogP contribution in [0.1, 0.15) is 26.3 Å². The molecular weight excluding hydrogens is 278 g/mol. The van der Waals surface area contributed by atoms with E-state index in [2.05, 4.69) is 0 Å². The molecule has 1 aliphatic heterocycles. The van der Waals surface area contributed by atoms with E-state index in [1.165, 1.54) is 20.0 Å². The van der Waals surface area contributed by atoms with E-state index in [0.29, 0.717) is 11.3 Å². The molecule has 0 bridgehead atoms. The average Bonchev–Trinajstić information content (AvgIpc) is 2.35. The molecule has 0 amide bonds. The molecule has 1 aliphatic rings. The Bertz CT molecular complexity index is 689. The molecule has 0 N–H and O–H groups in total. The van der Waals surface area contributed by atoms with Gasteiger partial charge >= 0.3 is 0 Å². The van der Waals surface area contributed by atoms with Gasteiger partial charge in [-0.3, -0.25) is 9.10 Å². The monoisotopic (exact) mass is 295 g/mol. The molecule has 0 atom stereocenters. The lowest BCUT2D eigenvalue weighted by Gasteiger charge is -2.30. The Balaban J connectivity index is 2.81. The largest absolute Gasteiger partial charge is 0.488 e. The molecule has 2 rings (SSSR count). The van der Waals surface area contributed by atoms with Crippen molar-refractivity contribution in [2.24, 2.45) is 0 Å². The fourth-order valence-corrected chi connectivity index (χ4v) is 3.59. The second-order valence-electron chi connectivity index (χ2n) is 4.87. The van der Waals surface area contributed by atoms with Crippen molar-refractivity contribution in [3.63, 3.8) is 0 Å². The molecule has 0 fully saturated rings. The highest BCUT2D eigenvalue weighted by molar-refractivity contribution is 7.89. The second-order valence-corrected chi connectivity index (χ2v) is 6.81. The van der Waals surface area contributed by atoms with Gasteiger partial charge in [0.05, 0.1) is 11.0 Å². The maximum atomic E-state index is 12.4. The number of carbonyl (C=O) groups is 1. The summed E-state index contributed by atoms with van der Waals surface area (Å²) in [5.74, 6) is -0.0262. The number of benzene rings is 1. The Kier molecular flexibility index (Phi) is 3.60. The van der Waals surface area contributed by atoms with Crippen LogP contribution in [0.5, 0.6) is 0 Å². The maximum absolute atomic E-state index is 12.4. The summed E-state index contributed by atoms with van der Waals surface area (Å²) in [7, 11) is -2.34. The number of ketones is 1. The minimum absolute atomic E-state index is 0.0670. The molecule has 108 valence electrons. The first-order valence-electron chi connectivity index (χ1n) is 6.27. The van der Waals surface area contributed by atoms with Crippen LogP contribution in [0, 0.1) is 0 Å². The Morgan fingerprint density at radius 1 is 1.25 bits per heavy atom. The Labute approximate surface area is 118 Å². The third-order valence-corrected chi connectivity index (χ3v) is 4.80. The van der Waals surface area contributed by atoms with Gasteiger partial charge in [0.1, 0.15) is 5.70 Å². The number of ether oxygens (including phenoxy) is 1. The molecule has 1 aromatic rings. The molecule has 0 spiro atoms. The first kappa shape index (κ1) is 14.6. The Morgan fingerprint density at radius 3 is 2.40 bits per heavy atom. The van der Waals surface area contributed by atoms with E-state index in [0.717, 1.165) is 4.31 Å². The van der Waals surface area contributed by atoms with Crippen LogP contribution in [0.25, 0.3) is 5.76 Å². The normalized spacial score (nSPS) is 17.1. The highest BCUT2D eigenvalue weighted by Gasteiger charge is 2.37. The lowest BCUT2D eigenvalue weighted by atomic mass is 10.1. The topological polar surface area (TPSA) is 63.7 Å². The van der Waals surface area contributed by atoms with Crippen LogP contribution in [-0.4, -0.2) is 31.7 Å². The number of carbonyl (C=O) groups excluding carboxylic acids is 1. The van der Waals surface area contributed by atoms with Crippen molar-refractivity contribution in [3.05, 3.63) is 35.5 Å². The SMILES string of the molecule is CC(=O)C1=C(OC(C)C)c2ccccc2S(=O)(=O)N1C. The lowest BCUT2D eigenvalue weighted by Crippen LogP contribution is -2.35. The summed E-state index contributed by atoms with van der Waals surface area (Å²) in [6.45, 7) is 4.99. The number of hydrogen-bond donors (Lipinski definition) is 0. The number of allylic oxidation sites excluding steroid dienone is 1. The van der Waals surface area contributed by atoms with Crippen molar-refractivity contribution in [2.45, 2.75) is 31.8 Å². The van der Waals surface area contributed by atoms with E-state index in [4.69, 9.17) is 4.74 Å². The quantitative estimate of drug-likeness (QED) is 0.855. The zero-order chi connectivity index (χ0) is 15.1. The molecule has 0 aromatic heterocycles. The zero-order valence-electron chi connectivity index (χ0n) is 11.9. The molecule has 0 saturated heterocycles. The number of Topliss-reactive ketones (excluding diaryl/α,β-unsaturated/α-hetero) is 1. The van der Waals surface area contributed by atoms with E-state index >= 15 is 0 Å². The minimum Gasteiger partial charge on any atom is -0.488 e. The maximum Gasteiger partial charge on any atom is 0.265 e. The number of hydrogen-bond acceptors (Lipinski definition) is 4. The van der Waals surface area contributed by atoms with Crippen molar-refractivity contribution >= 4 is 21.6 Å². The minimum atomic E-state index is -3.71. The van der Waals surface area contributed by atoms with Crippen LogP contribution in [0.3, 0.4) is 0 Å². The first-order valence-corrected chi connectivity index (χ1v) is 7.71. The first-order chi connectivity index (χ1) is 9.26. The zero-order valence-corrected chi connectivity index (χ0v) is 12.7. The smallest absolute Gasteiger partial charge is 0.265 e. The van der Waals surface area contributed by atoms with Gasteiger partial charge in [-0.25, -0.2) is 8.42 Å². The summed E-state index contributed by atoms with van der Waals surface area (Å²) in [4.78, 5) is 12.0. The van der Waals surface area contributed by atoms with E-state index in [1.54, 1.807) is 18.2 Å². The van der Waals surface area contributed by atoms with Crippen LogP contribution >= 0.6 is 0 Å². The van der Waals surface area contributed by atoms with Crippen LogP contribution in [0.4, 0.5) is 0 Å². The highest BCUT2D eigenvalue weighted by Crippen LogP contribution is 2.37. The van der Waals surface area contributed by atoms with Crippen molar-refractivity contribution in [3.8, 4) is 0 Å². The van der Waals surface area contributed by atoms with Gasteiger partial charge in [0, 0.05) is 19.5 Å². The van der Waals surface area contributed by atoms with Gasteiger partial charge in [0.15, 0.2) is 11.5 Å². The Hall–Kier alpha value is -1.82. The summed E-state index contributed by atoms with van der Waals surface area (Å²) in [6, 6.07) is 6.54. The van der Waals surface area contributed by atoms with E-state index in [1.807, 2.05) is 13.8 Å². The fraction of sp³-hybridized carbons (Fsp3) is 0.357. The van der Waals surface area contributed by atoms with Crippen molar-refractivity contribution in [2.75, 3.05) is 7.05 Å². The van der Waals surface area contributed by atoms with Gasteiger partial charge in [0.2, 0.25) is 0 Å². The van der Waals surface area contributed by atoms with E-state index in [9.17, 15) is 13.2 Å². The van der Waals surface area contributed by atoms with Gasteiger partial charge in [-0.15, -0.1) is 0 Å². The number of sulfonamides is 1. The predicted octanol–water partition coefficient (Wildman–Crippen LogP) is 2.00. The van der Waals surface area contributed by atoms with Gasteiger partial charge < -0.3 is 4.74 Å². The number of nitrogens with zero attached hydrogens (tertiary/aromatic N) is 1. The standard InChI is InChI=1S/C14H17NO4S/c1-9(2)19-14-11-7-5-6-8-12(11)20(17,18)15(4)13(14)10(3)16/h5-9H,1-4H3. The molecule has 0 aliphatic carbocycles. The number of likely N-dealkylation sites (N-methyl/N-ethyl adjacent to an activating group) is 1. The molecule has 0 radical (unpaired) electrons. The third kappa shape index (κ3) is 2.20. The van der Waals surface area contributed by atoms with E-state index in [-0.39, 0.29) is 22.5 Å². The van der Waals surface area contributed by atoms with Crippen molar-refractivity contribution in [1.82, 2.24) is 4.31 Å². The lowest BCUT2D eigenvalue weighted by molar-refractivity contribution is -0.114. The highest BCUT2D eigenvalue weighted by atomic mass is 32.2. The summed E-state index contributed by atoms with van der Waals surface area (Å²) in [5, 5.41) is 0. The fourth-order valence-electron chi connectivity index (χ4n) is 2.15. The van der Waals surface area contributed by atoms with Crippen molar-refractivity contribution < 1.29 is 17.9 Å². The molecule has 6 heteroatoms. The van der Waals surface area contributed by atoms with Crippen LogP contribution < -0.4 is 0 Å². The molecule has 1 aromatic carbocycles. The third-order valence-electron chi connectivity index (χ3n) is 2.99. The van der Waals surface area contributed by atoms with Crippen LogP contribution in [0.15, 0.2) is 34.9 Å². The second kappa shape index (κ2) is 4.94. The molecule has 5 nitrogen and oxygen atoms in total. The molecule has 1 heterocycles. The summed E-state index contributed by atoms with van der Waals surface area (Å²) in [5.41, 5.74) is 0.502. The van der Waals surface area contributed by atoms with Gasteiger partial charge in [-0.05, 0) is 26.0 Å². The molecule has 20 heavy (non-hydrogen) atoms. The van der Waals surface area contributed by atoms with Crippen LogP contribution in [0.2, 0.25) is 0 Å². The van der Waals surface area contributed by atoms with Gasteiger partial charge in [-0.2, -0.15) is 0 Å². The van der Waals surface area contributed by atoms with Crippen molar-refractivity contribution in [1.29, 1.82) is 0 Å². The molecule has 0 saturated carbocycles. The van der Waals surface area contributed by atoms with Gasteiger partial charge in [-0.1, -0.05) is 12.1 Å². The molecular formula is C14H17NO4S.